The summed E-state index contributed by atoms with van der Waals surface area (Å²) in [6.45, 7) is 5.87. The van der Waals surface area contributed by atoms with Gasteiger partial charge in [0.05, 0.1) is 11.7 Å². The normalized spacial score (nSPS) is 40.2. The van der Waals surface area contributed by atoms with Crippen molar-refractivity contribution in [3.05, 3.63) is 12.2 Å². The molecular formula is C21H32O4. The van der Waals surface area contributed by atoms with Crippen molar-refractivity contribution in [2.75, 3.05) is 6.79 Å². The highest BCUT2D eigenvalue weighted by molar-refractivity contribution is 5.87. The van der Waals surface area contributed by atoms with E-state index in [0.717, 1.165) is 32.1 Å². The molecule has 0 radical (unpaired) electrons. The van der Waals surface area contributed by atoms with Crippen LogP contribution in [0.25, 0.3) is 0 Å². The number of carbonyl (C=O) groups excluding carboxylic acids is 1. The van der Waals surface area contributed by atoms with Crippen LogP contribution in [0.5, 0.6) is 0 Å². The van der Waals surface area contributed by atoms with E-state index in [0.29, 0.717) is 30.3 Å². The lowest BCUT2D eigenvalue weighted by molar-refractivity contribution is -0.258. The summed E-state index contributed by atoms with van der Waals surface area (Å²) in [5.41, 5.74) is 0.0188. The maximum Gasteiger partial charge on any atom is 0.333 e. The van der Waals surface area contributed by atoms with Gasteiger partial charge in [-0.3, -0.25) is 0 Å². The van der Waals surface area contributed by atoms with Gasteiger partial charge < -0.3 is 14.2 Å². The SMILES string of the molecule is C=C(C)C(=O)OC12CC3CC(CC(OCOC4CCCCC4)(C3)C1)C2. The number of carbonyl (C=O) groups is 1. The third-order valence-corrected chi connectivity index (χ3v) is 6.83. The zero-order chi connectivity index (χ0) is 17.5. The molecule has 0 saturated heterocycles. The first-order chi connectivity index (χ1) is 12.0. The van der Waals surface area contributed by atoms with E-state index < -0.39 is 0 Å². The van der Waals surface area contributed by atoms with Crippen molar-refractivity contribution in [3.63, 3.8) is 0 Å². The van der Waals surface area contributed by atoms with E-state index in [1.165, 1.54) is 38.5 Å². The van der Waals surface area contributed by atoms with Crippen LogP contribution in [0.3, 0.4) is 0 Å². The van der Waals surface area contributed by atoms with Gasteiger partial charge in [0.25, 0.3) is 0 Å². The molecule has 0 heterocycles. The maximum absolute atomic E-state index is 12.2. The molecule has 140 valence electrons. The van der Waals surface area contributed by atoms with Gasteiger partial charge in [-0.1, -0.05) is 25.8 Å². The Morgan fingerprint density at radius 3 is 2.32 bits per heavy atom. The molecule has 0 aromatic rings. The van der Waals surface area contributed by atoms with E-state index in [2.05, 4.69) is 6.58 Å². The topological polar surface area (TPSA) is 44.8 Å². The summed E-state index contributed by atoms with van der Waals surface area (Å²) in [4.78, 5) is 12.2. The quantitative estimate of drug-likeness (QED) is 0.402. The Morgan fingerprint density at radius 1 is 1.04 bits per heavy atom. The van der Waals surface area contributed by atoms with Gasteiger partial charge in [0, 0.05) is 12.0 Å². The number of hydrogen-bond donors (Lipinski definition) is 0. The van der Waals surface area contributed by atoms with Gasteiger partial charge in [0.2, 0.25) is 0 Å². The number of esters is 1. The smallest absolute Gasteiger partial charge is 0.333 e. The zero-order valence-electron chi connectivity index (χ0n) is 15.6. The van der Waals surface area contributed by atoms with Gasteiger partial charge >= 0.3 is 5.97 Å². The van der Waals surface area contributed by atoms with Crippen molar-refractivity contribution in [2.45, 2.75) is 94.9 Å². The molecule has 2 unspecified atom stereocenters. The molecule has 5 saturated carbocycles. The molecule has 0 aliphatic heterocycles. The molecule has 4 bridgehead atoms. The molecule has 4 nitrogen and oxygen atoms in total. The maximum atomic E-state index is 12.2. The second-order valence-electron chi connectivity index (χ2n) is 9.19. The first kappa shape index (κ1) is 17.5. The van der Waals surface area contributed by atoms with Crippen LogP contribution in [0.2, 0.25) is 0 Å². The second-order valence-corrected chi connectivity index (χ2v) is 9.19. The molecule has 5 aliphatic rings. The minimum Gasteiger partial charge on any atom is -0.456 e. The van der Waals surface area contributed by atoms with E-state index in [9.17, 15) is 4.79 Å². The molecule has 0 aromatic carbocycles. The summed E-state index contributed by atoms with van der Waals surface area (Å²) in [5, 5.41) is 0. The fourth-order valence-electron chi connectivity index (χ4n) is 6.16. The molecular weight excluding hydrogens is 316 g/mol. The number of rotatable bonds is 6. The summed E-state index contributed by atoms with van der Waals surface area (Å²) in [7, 11) is 0. The summed E-state index contributed by atoms with van der Waals surface area (Å²) in [6, 6.07) is 0. The lowest BCUT2D eigenvalue weighted by atomic mass is 9.52. The van der Waals surface area contributed by atoms with Gasteiger partial charge in [-0.15, -0.1) is 0 Å². The third kappa shape index (κ3) is 3.66. The van der Waals surface area contributed by atoms with E-state index >= 15 is 0 Å². The van der Waals surface area contributed by atoms with Crippen LogP contribution >= 0.6 is 0 Å². The van der Waals surface area contributed by atoms with E-state index in [1.54, 1.807) is 6.92 Å². The van der Waals surface area contributed by atoms with Crippen LogP contribution in [0.15, 0.2) is 12.2 Å². The first-order valence-corrected chi connectivity index (χ1v) is 10.1. The molecule has 5 rings (SSSR count). The molecule has 5 fully saturated rings. The van der Waals surface area contributed by atoms with Gasteiger partial charge in [0.1, 0.15) is 12.4 Å². The molecule has 25 heavy (non-hydrogen) atoms. The fraction of sp³-hybridized carbons (Fsp3) is 0.857. The molecule has 4 heteroatoms. The Morgan fingerprint density at radius 2 is 1.68 bits per heavy atom. The monoisotopic (exact) mass is 348 g/mol. The highest BCUT2D eigenvalue weighted by atomic mass is 16.7. The molecule has 5 aliphatic carbocycles. The molecule has 2 atom stereocenters. The molecule has 0 amide bonds. The minimum atomic E-state index is -0.328. The highest BCUT2D eigenvalue weighted by Crippen LogP contribution is 2.60. The van der Waals surface area contributed by atoms with E-state index in [1.807, 2.05) is 0 Å². The first-order valence-electron chi connectivity index (χ1n) is 10.1. The number of ether oxygens (including phenoxy) is 3. The largest absolute Gasteiger partial charge is 0.456 e. The van der Waals surface area contributed by atoms with Crippen molar-refractivity contribution < 1.29 is 19.0 Å². The summed E-state index contributed by atoms with van der Waals surface area (Å²) in [6.07, 6.45) is 12.9. The molecule has 0 aromatic heterocycles. The fourth-order valence-corrected chi connectivity index (χ4v) is 6.16. The van der Waals surface area contributed by atoms with Crippen LogP contribution < -0.4 is 0 Å². The Balaban J connectivity index is 1.39. The van der Waals surface area contributed by atoms with Crippen LogP contribution in [-0.4, -0.2) is 30.1 Å². The Kier molecular flexibility index (Phi) is 4.70. The van der Waals surface area contributed by atoms with Gasteiger partial charge in [-0.25, -0.2) is 4.79 Å². The van der Waals surface area contributed by atoms with Crippen LogP contribution in [0.4, 0.5) is 0 Å². The van der Waals surface area contributed by atoms with E-state index in [-0.39, 0.29) is 17.2 Å². The van der Waals surface area contributed by atoms with Crippen LogP contribution in [0.1, 0.15) is 77.6 Å². The highest BCUT2D eigenvalue weighted by Gasteiger charge is 2.60. The predicted octanol–water partition coefficient (Wildman–Crippen LogP) is 4.52. The van der Waals surface area contributed by atoms with Crippen molar-refractivity contribution in [3.8, 4) is 0 Å². The Labute approximate surface area is 151 Å². The lowest BCUT2D eigenvalue weighted by Crippen LogP contribution is -2.61. The molecule has 0 spiro atoms. The minimum absolute atomic E-state index is 0.145. The Hall–Kier alpha value is -0.870. The van der Waals surface area contributed by atoms with Crippen molar-refractivity contribution in [1.29, 1.82) is 0 Å². The zero-order valence-corrected chi connectivity index (χ0v) is 15.6. The average molecular weight is 348 g/mol. The van der Waals surface area contributed by atoms with Gasteiger partial charge in [-0.05, 0) is 63.7 Å². The van der Waals surface area contributed by atoms with Crippen LogP contribution in [-0.2, 0) is 19.0 Å². The standard InChI is InChI=1S/C21H32O4/c1-15(2)19(22)25-21-11-16-8-17(12-21)10-20(9-16,13-21)24-14-23-18-6-4-3-5-7-18/h16-18H,1,3-14H2,2H3. The van der Waals surface area contributed by atoms with Crippen molar-refractivity contribution in [1.82, 2.24) is 0 Å². The van der Waals surface area contributed by atoms with E-state index in [4.69, 9.17) is 14.2 Å². The predicted molar refractivity (Wildman–Crippen MR) is 95.0 cm³/mol. The number of hydrogen-bond acceptors (Lipinski definition) is 4. The third-order valence-electron chi connectivity index (χ3n) is 6.83. The summed E-state index contributed by atoms with van der Waals surface area (Å²) < 4.78 is 18.4. The van der Waals surface area contributed by atoms with Crippen LogP contribution in [0, 0.1) is 11.8 Å². The lowest BCUT2D eigenvalue weighted by Gasteiger charge is -2.60. The average Bonchev–Trinajstić information content (AvgIpc) is 2.53. The second kappa shape index (κ2) is 6.70. The molecule has 0 N–H and O–H groups in total. The van der Waals surface area contributed by atoms with Gasteiger partial charge in [0.15, 0.2) is 0 Å². The van der Waals surface area contributed by atoms with Crippen molar-refractivity contribution in [2.24, 2.45) is 11.8 Å². The Bertz CT molecular complexity index is 520. The summed E-state index contributed by atoms with van der Waals surface area (Å²) in [5.74, 6) is 0.998. The van der Waals surface area contributed by atoms with Gasteiger partial charge in [-0.2, -0.15) is 0 Å². The summed E-state index contributed by atoms with van der Waals surface area (Å²) >= 11 is 0. The van der Waals surface area contributed by atoms with Crippen molar-refractivity contribution >= 4 is 5.97 Å².